The van der Waals surface area contributed by atoms with Gasteiger partial charge in [-0.05, 0) is 35.9 Å². The lowest BCUT2D eigenvalue weighted by molar-refractivity contribution is 0.0807. The van der Waals surface area contributed by atoms with Crippen LogP contribution >= 0.6 is 11.8 Å². The maximum atomic E-state index is 14.3. The molecule has 1 unspecified atom stereocenters. The van der Waals surface area contributed by atoms with Gasteiger partial charge < -0.3 is 4.74 Å². The Morgan fingerprint density at radius 3 is 2.45 bits per heavy atom. The zero-order valence-electron chi connectivity index (χ0n) is 16.0. The molecule has 1 aliphatic rings. The Morgan fingerprint density at radius 1 is 1.03 bits per heavy atom. The van der Waals surface area contributed by atoms with E-state index in [9.17, 15) is 22.4 Å². The van der Waals surface area contributed by atoms with Crippen LogP contribution in [0.2, 0.25) is 0 Å². The maximum absolute atomic E-state index is 14.3. The number of amides is 1. The highest BCUT2D eigenvalue weighted by Crippen LogP contribution is 2.50. The minimum Gasteiger partial charge on any atom is -0.481 e. The fourth-order valence-corrected chi connectivity index (χ4v) is 4.39. The molecule has 3 aromatic rings. The van der Waals surface area contributed by atoms with Gasteiger partial charge in [0.1, 0.15) is 17.0 Å². The van der Waals surface area contributed by atoms with E-state index in [0.29, 0.717) is 28.2 Å². The molecule has 0 spiro atoms. The van der Waals surface area contributed by atoms with Gasteiger partial charge in [0.15, 0.2) is 11.6 Å². The highest BCUT2D eigenvalue weighted by Gasteiger charge is 2.36. The van der Waals surface area contributed by atoms with Crippen LogP contribution in [-0.4, -0.2) is 22.9 Å². The topological polar surface area (TPSA) is 42.4 Å². The molecule has 2 aromatic carbocycles. The van der Waals surface area contributed by atoms with Gasteiger partial charge in [0.05, 0.1) is 12.7 Å². The van der Waals surface area contributed by atoms with E-state index in [-0.39, 0.29) is 5.88 Å². The molecule has 31 heavy (non-hydrogen) atoms. The summed E-state index contributed by atoms with van der Waals surface area (Å²) in [7, 11) is 1.42. The van der Waals surface area contributed by atoms with Crippen LogP contribution in [0.4, 0.5) is 17.6 Å². The van der Waals surface area contributed by atoms with Crippen molar-refractivity contribution >= 4 is 22.6 Å². The molecular weight excluding hydrogens is 432 g/mol. The van der Waals surface area contributed by atoms with Gasteiger partial charge >= 0.3 is 0 Å². The standard InChI is InChI=1S/C22H14F4N2O2S/c1-30-20-14(3-2-8-27-20)22-28(11-19(31-22)12-4-6-13(23)7-5-12)21(29)15-9-17(25)18(26)10-16(15)24/h2-11,22H,1H3. The predicted molar refractivity (Wildman–Crippen MR) is 108 cm³/mol. The van der Waals surface area contributed by atoms with Gasteiger partial charge in [0.2, 0.25) is 5.88 Å². The largest absolute Gasteiger partial charge is 0.481 e. The summed E-state index contributed by atoms with van der Waals surface area (Å²) >= 11 is 1.23. The van der Waals surface area contributed by atoms with Crippen molar-refractivity contribution < 1.29 is 27.1 Å². The molecule has 2 heterocycles. The van der Waals surface area contributed by atoms with Gasteiger partial charge in [-0.25, -0.2) is 22.5 Å². The molecule has 0 aliphatic carbocycles. The summed E-state index contributed by atoms with van der Waals surface area (Å²) in [5, 5.41) is -0.733. The summed E-state index contributed by atoms with van der Waals surface area (Å²) in [6.07, 6.45) is 2.97. The molecule has 0 radical (unpaired) electrons. The number of aromatic nitrogens is 1. The Bertz CT molecular complexity index is 1180. The van der Waals surface area contributed by atoms with Crippen molar-refractivity contribution in [3.63, 3.8) is 0 Å². The molecule has 4 nitrogen and oxygen atoms in total. The summed E-state index contributed by atoms with van der Waals surface area (Å²) < 4.78 is 60.0. The predicted octanol–water partition coefficient (Wildman–Crippen LogP) is 5.53. The quantitative estimate of drug-likeness (QED) is 0.390. The minimum absolute atomic E-state index is 0.248. The van der Waals surface area contributed by atoms with Crippen molar-refractivity contribution in [1.82, 2.24) is 9.88 Å². The lowest BCUT2D eigenvalue weighted by atomic mass is 10.1. The van der Waals surface area contributed by atoms with Crippen molar-refractivity contribution in [2.45, 2.75) is 5.37 Å². The van der Waals surface area contributed by atoms with Crippen molar-refractivity contribution in [1.29, 1.82) is 0 Å². The molecule has 0 bridgehead atoms. The lowest BCUT2D eigenvalue weighted by Gasteiger charge is -2.24. The second-order valence-electron chi connectivity index (χ2n) is 6.53. The Morgan fingerprint density at radius 2 is 1.74 bits per heavy atom. The Hall–Kier alpha value is -3.33. The maximum Gasteiger partial charge on any atom is 0.262 e. The van der Waals surface area contributed by atoms with Crippen LogP contribution in [0.25, 0.3) is 4.91 Å². The summed E-state index contributed by atoms with van der Waals surface area (Å²) in [4.78, 5) is 19.1. The Labute approximate surface area is 179 Å². The van der Waals surface area contributed by atoms with Crippen LogP contribution in [-0.2, 0) is 0 Å². The van der Waals surface area contributed by atoms with E-state index in [4.69, 9.17) is 4.74 Å². The number of ether oxygens (including phenoxy) is 1. The first-order valence-electron chi connectivity index (χ1n) is 8.99. The van der Waals surface area contributed by atoms with Crippen LogP contribution in [0.5, 0.6) is 5.88 Å². The molecule has 1 aromatic heterocycles. The first-order valence-corrected chi connectivity index (χ1v) is 9.87. The third-order valence-corrected chi connectivity index (χ3v) is 5.91. The van der Waals surface area contributed by atoms with E-state index in [0.717, 1.165) is 0 Å². The number of carbonyl (C=O) groups is 1. The van der Waals surface area contributed by atoms with Gasteiger partial charge in [-0.2, -0.15) is 0 Å². The molecule has 0 fully saturated rings. The number of pyridine rings is 1. The van der Waals surface area contributed by atoms with Gasteiger partial charge in [-0.15, -0.1) is 0 Å². The van der Waals surface area contributed by atoms with Crippen LogP contribution in [0.3, 0.4) is 0 Å². The van der Waals surface area contributed by atoms with Gasteiger partial charge in [0, 0.05) is 28.9 Å². The average molecular weight is 446 g/mol. The van der Waals surface area contributed by atoms with Gasteiger partial charge in [-0.3, -0.25) is 9.69 Å². The summed E-state index contributed by atoms with van der Waals surface area (Å²) in [5.74, 6) is -4.97. The van der Waals surface area contributed by atoms with Crippen LogP contribution in [0, 0.1) is 23.3 Å². The van der Waals surface area contributed by atoms with Crippen molar-refractivity contribution in [3.8, 4) is 5.88 Å². The number of benzene rings is 2. The summed E-state index contributed by atoms with van der Waals surface area (Å²) in [6, 6.07) is 9.82. The average Bonchev–Trinajstić information content (AvgIpc) is 3.21. The minimum atomic E-state index is -1.39. The van der Waals surface area contributed by atoms with E-state index in [2.05, 4.69) is 4.98 Å². The van der Waals surface area contributed by atoms with Crippen molar-refractivity contribution in [3.05, 3.63) is 101 Å². The SMILES string of the molecule is COc1ncccc1C1SC(c2ccc(F)cc2)=CN1C(=O)c1cc(F)c(F)cc1F. The van der Waals surface area contributed by atoms with Crippen molar-refractivity contribution in [2.24, 2.45) is 0 Å². The Balaban J connectivity index is 1.80. The normalized spacial score (nSPS) is 15.7. The van der Waals surface area contributed by atoms with Gasteiger partial charge in [-0.1, -0.05) is 23.9 Å². The molecule has 1 amide bonds. The zero-order valence-corrected chi connectivity index (χ0v) is 16.8. The van der Waals surface area contributed by atoms with Crippen LogP contribution in [0.1, 0.15) is 26.9 Å². The molecule has 4 rings (SSSR count). The number of hydrogen-bond donors (Lipinski definition) is 0. The third kappa shape index (κ3) is 4.00. The number of nitrogens with zero attached hydrogens (tertiary/aromatic N) is 2. The van der Waals surface area contributed by atoms with E-state index in [1.54, 1.807) is 12.1 Å². The monoisotopic (exact) mass is 446 g/mol. The molecule has 0 saturated heterocycles. The van der Waals surface area contributed by atoms with Gasteiger partial charge in [0.25, 0.3) is 5.91 Å². The number of hydrogen-bond acceptors (Lipinski definition) is 4. The number of methoxy groups -OCH3 is 1. The Kier molecular flexibility index (Phi) is 5.69. The van der Waals surface area contributed by atoms with E-state index in [1.807, 2.05) is 0 Å². The molecule has 0 N–H and O–H groups in total. The highest BCUT2D eigenvalue weighted by atomic mass is 32.2. The zero-order chi connectivity index (χ0) is 22.1. The molecule has 1 aliphatic heterocycles. The number of thioether (sulfide) groups is 1. The molecular formula is C22H14F4N2O2S. The van der Waals surface area contributed by atoms with Crippen LogP contribution in [0.15, 0.2) is 60.9 Å². The van der Waals surface area contributed by atoms with E-state index >= 15 is 0 Å². The first kappa shape index (κ1) is 20.9. The first-order chi connectivity index (χ1) is 14.9. The summed E-state index contributed by atoms with van der Waals surface area (Å²) in [6.45, 7) is 0. The molecule has 158 valence electrons. The van der Waals surface area contributed by atoms with E-state index in [1.165, 1.54) is 60.4 Å². The number of halogens is 4. The second-order valence-corrected chi connectivity index (χ2v) is 7.65. The van der Waals surface area contributed by atoms with Crippen LogP contribution < -0.4 is 4.74 Å². The second kappa shape index (κ2) is 8.43. The fourth-order valence-electron chi connectivity index (χ4n) is 3.12. The lowest BCUT2D eigenvalue weighted by Crippen LogP contribution is -2.27. The highest BCUT2D eigenvalue weighted by molar-refractivity contribution is 8.08. The smallest absolute Gasteiger partial charge is 0.262 e. The number of rotatable bonds is 4. The third-order valence-electron chi connectivity index (χ3n) is 4.61. The number of carbonyl (C=O) groups excluding carboxylic acids is 1. The molecule has 9 heteroatoms. The fraction of sp³-hybridized carbons (Fsp3) is 0.0909. The van der Waals surface area contributed by atoms with Crippen molar-refractivity contribution in [2.75, 3.05) is 7.11 Å². The summed E-state index contributed by atoms with van der Waals surface area (Å²) in [5.41, 5.74) is 0.518. The molecule has 1 atom stereocenters. The van der Waals surface area contributed by atoms with E-state index < -0.39 is 40.1 Å². The molecule has 0 saturated carbocycles.